The van der Waals surface area contributed by atoms with Crippen LogP contribution in [0.1, 0.15) is 43.8 Å². The SMILES string of the molecule is CC(C)CCc1nc(CN2CCCC(C(=O)O)C2)cs1. The van der Waals surface area contributed by atoms with Gasteiger partial charge in [0.05, 0.1) is 16.6 Å². The Morgan fingerprint density at radius 1 is 1.60 bits per heavy atom. The van der Waals surface area contributed by atoms with Gasteiger partial charge < -0.3 is 5.11 Å². The molecule has 1 N–H and O–H groups in total. The van der Waals surface area contributed by atoms with Gasteiger partial charge in [0.2, 0.25) is 0 Å². The van der Waals surface area contributed by atoms with Gasteiger partial charge in [0.25, 0.3) is 0 Å². The van der Waals surface area contributed by atoms with E-state index in [9.17, 15) is 4.79 Å². The van der Waals surface area contributed by atoms with E-state index in [1.807, 2.05) is 0 Å². The molecule has 1 aliphatic rings. The minimum absolute atomic E-state index is 0.206. The molecule has 4 nitrogen and oxygen atoms in total. The molecule has 112 valence electrons. The lowest BCUT2D eigenvalue weighted by molar-refractivity contribution is -0.143. The van der Waals surface area contributed by atoms with Crippen LogP contribution in [0.15, 0.2) is 5.38 Å². The Bertz CT molecular complexity index is 445. The number of rotatable bonds is 6. The van der Waals surface area contributed by atoms with Gasteiger partial charge in [-0.3, -0.25) is 9.69 Å². The normalized spacial score (nSPS) is 20.4. The summed E-state index contributed by atoms with van der Waals surface area (Å²) in [6.45, 7) is 6.90. The smallest absolute Gasteiger partial charge is 0.307 e. The van der Waals surface area contributed by atoms with Crippen molar-refractivity contribution in [1.82, 2.24) is 9.88 Å². The van der Waals surface area contributed by atoms with Crippen molar-refractivity contribution < 1.29 is 9.90 Å². The minimum atomic E-state index is -0.661. The molecule has 0 aliphatic carbocycles. The molecular weight excluding hydrogens is 272 g/mol. The molecule has 0 amide bonds. The zero-order valence-corrected chi connectivity index (χ0v) is 13.2. The summed E-state index contributed by atoms with van der Waals surface area (Å²) in [6.07, 6.45) is 4.02. The van der Waals surface area contributed by atoms with Gasteiger partial charge in [-0.1, -0.05) is 13.8 Å². The standard InChI is InChI=1S/C15H24N2O2S/c1-11(2)5-6-14-16-13(10-20-14)9-17-7-3-4-12(8-17)15(18)19/h10-12H,3-9H2,1-2H3,(H,18,19). The summed E-state index contributed by atoms with van der Waals surface area (Å²) in [5, 5.41) is 12.4. The Morgan fingerprint density at radius 2 is 2.40 bits per heavy atom. The van der Waals surface area contributed by atoms with E-state index < -0.39 is 5.97 Å². The van der Waals surface area contributed by atoms with E-state index in [0.717, 1.165) is 38.0 Å². The van der Waals surface area contributed by atoms with E-state index in [2.05, 4.69) is 29.1 Å². The first-order valence-electron chi connectivity index (χ1n) is 7.43. The second-order valence-corrected chi connectivity index (χ2v) is 7.02. The lowest BCUT2D eigenvalue weighted by atomic mass is 9.98. The molecule has 2 heterocycles. The van der Waals surface area contributed by atoms with Crippen LogP contribution in [-0.4, -0.2) is 34.0 Å². The Hall–Kier alpha value is -0.940. The summed E-state index contributed by atoms with van der Waals surface area (Å²) in [7, 11) is 0. The first-order valence-corrected chi connectivity index (χ1v) is 8.31. The summed E-state index contributed by atoms with van der Waals surface area (Å²) in [6, 6.07) is 0. The lowest BCUT2D eigenvalue weighted by Crippen LogP contribution is -2.38. The monoisotopic (exact) mass is 296 g/mol. The van der Waals surface area contributed by atoms with Gasteiger partial charge in [-0.25, -0.2) is 4.98 Å². The van der Waals surface area contributed by atoms with E-state index in [4.69, 9.17) is 5.11 Å². The average Bonchev–Trinajstić information content (AvgIpc) is 2.84. The lowest BCUT2D eigenvalue weighted by Gasteiger charge is -2.29. The third-order valence-corrected chi connectivity index (χ3v) is 4.73. The van der Waals surface area contributed by atoms with Gasteiger partial charge in [-0.2, -0.15) is 0 Å². The second-order valence-electron chi connectivity index (χ2n) is 6.08. The number of aliphatic carboxylic acids is 1. The number of likely N-dealkylation sites (tertiary alicyclic amines) is 1. The van der Waals surface area contributed by atoms with Gasteiger partial charge in [0.15, 0.2) is 0 Å². The number of aromatic nitrogens is 1. The molecule has 0 spiro atoms. The summed E-state index contributed by atoms with van der Waals surface area (Å²) in [4.78, 5) is 18.0. The fourth-order valence-corrected chi connectivity index (χ4v) is 3.38. The van der Waals surface area contributed by atoms with Crippen molar-refractivity contribution in [2.75, 3.05) is 13.1 Å². The largest absolute Gasteiger partial charge is 0.481 e. The fourth-order valence-electron chi connectivity index (χ4n) is 2.58. The predicted molar refractivity (Wildman–Crippen MR) is 80.9 cm³/mol. The number of carboxylic acid groups (broad SMARTS) is 1. The number of nitrogens with zero attached hydrogens (tertiary/aromatic N) is 2. The highest BCUT2D eigenvalue weighted by Gasteiger charge is 2.25. The number of carboxylic acids is 1. The number of piperidine rings is 1. The van der Waals surface area contributed by atoms with Crippen LogP contribution in [0.5, 0.6) is 0 Å². The van der Waals surface area contributed by atoms with Gasteiger partial charge in [-0.05, 0) is 38.1 Å². The van der Waals surface area contributed by atoms with Crippen LogP contribution in [0.4, 0.5) is 0 Å². The van der Waals surface area contributed by atoms with Crippen LogP contribution in [0.25, 0.3) is 0 Å². The third-order valence-electron chi connectivity index (χ3n) is 3.78. The van der Waals surface area contributed by atoms with Crippen LogP contribution in [0.2, 0.25) is 0 Å². The molecule has 1 fully saturated rings. The van der Waals surface area contributed by atoms with Crippen molar-refractivity contribution in [3.63, 3.8) is 0 Å². The Kier molecular flexibility index (Phi) is 5.54. The van der Waals surface area contributed by atoms with Crippen molar-refractivity contribution in [3.05, 3.63) is 16.1 Å². The van der Waals surface area contributed by atoms with E-state index in [1.54, 1.807) is 11.3 Å². The van der Waals surface area contributed by atoms with Gasteiger partial charge >= 0.3 is 5.97 Å². The Labute approximate surface area is 124 Å². The van der Waals surface area contributed by atoms with Crippen LogP contribution in [0.3, 0.4) is 0 Å². The third kappa shape index (κ3) is 4.56. The molecule has 1 aromatic heterocycles. The van der Waals surface area contributed by atoms with Crippen LogP contribution in [0, 0.1) is 11.8 Å². The molecule has 0 saturated carbocycles. The molecule has 1 aromatic rings. The van der Waals surface area contributed by atoms with Crippen molar-refractivity contribution in [2.45, 2.75) is 46.1 Å². The Morgan fingerprint density at radius 3 is 3.10 bits per heavy atom. The summed E-state index contributed by atoms with van der Waals surface area (Å²) < 4.78 is 0. The highest BCUT2D eigenvalue weighted by molar-refractivity contribution is 7.09. The van der Waals surface area contributed by atoms with E-state index in [0.29, 0.717) is 12.5 Å². The quantitative estimate of drug-likeness (QED) is 0.876. The molecule has 0 bridgehead atoms. The molecule has 1 saturated heterocycles. The van der Waals surface area contributed by atoms with Crippen LogP contribution >= 0.6 is 11.3 Å². The number of thiazole rings is 1. The van der Waals surface area contributed by atoms with Crippen LogP contribution < -0.4 is 0 Å². The maximum atomic E-state index is 11.1. The first kappa shape index (κ1) is 15.4. The maximum Gasteiger partial charge on any atom is 0.307 e. The molecule has 5 heteroatoms. The summed E-state index contributed by atoms with van der Waals surface area (Å²) >= 11 is 1.73. The molecule has 2 rings (SSSR count). The molecule has 0 radical (unpaired) electrons. The zero-order chi connectivity index (χ0) is 14.5. The minimum Gasteiger partial charge on any atom is -0.481 e. The highest BCUT2D eigenvalue weighted by Crippen LogP contribution is 2.20. The number of hydrogen-bond acceptors (Lipinski definition) is 4. The highest BCUT2D eigenvalue weighted by atomic mass is 32.1. The maximum absolute atomic E-state index is 11.1. The van der Waals surface area contributed by atoms with Crippen molar-refractivity contribution >= 4 is 17.3 Å². The predicted octanol–water partition coefficient (Wildman–Crippen LogP) is 3.03. The topological polar surface area (TPSA) is 53.4 Å². The molecule has 1 unspecified atom stereocenters. The van der Waals surface area contributed by atoms with Gasteiger partial charge in [-0.15, -0.1) is 11.3 Å². The van der Waals surface area contributed by atoms with Crippen molar-refractivity contribution in [1.29, 1.82) is 0 Å². The summed E-state index contributed by atoms with van der Waals surface area (Å²) in [5.74, 6) is -0.158. The molecular formula is C15H24N2O2S. The van der Waals surface area contributed by atoms with Crippen LogP contribution in [-0.2, 0) is 17.8 Å². The molecule has 1 aliphatic heterocycles. The second kappa shape index (κ2) is 7.18. The zero-order valence-electron chi connectivity index (χ0n) is 12.3. The van der Waals surface area contributed by atoms with E-state index >= 15 is 0 Å². The van der Waals surface area contributed by atoms with Gasteiger partial charge in [0.1, 0.15) is 0 Å². The average molecular weight is 296 g/mol. The first-order chi connectivity index (χ1) is 9.54. The van der Waals surface area contributed by atoms with Crippen molar-refractivity contribution in [2.24, 2.45) is 11.8 Å². The molecule has 1 atom stereocenters. The van der Waals surface area contributed by atoms with E-state index in [1.165, 1.54) is 11.4 Å². The number of carbonyl (C=O) groups is 1. The molecule has 0 aromatic carbocycles. The van der Waals surface area contributed by atoms with Gasteiger partial charge in [0, 0.05) is 18.5 Å². The van der Waals surface area contributed by atoms with Crippen molar-refractivity contribution in [3.8, 4) is 0 Å². The number of hydrogen-bond donors (Lipinski definition) is 1. The Balaban J connectivity index is 1.85. The van der Waals surface area contributed by atoms with E-state index in [-0.39, 0.29) is 5.92 Å². The summed E-state index contributed by atoms with van der Waals surface area (Å²) in [5.41, 5.74) is 1.10. The fraction of sp³-hybridized carbons (Fsp3) is 0.733. The molecule has 20 heavy (non-hydrogen) atoms. The number of aryl methyl sites for hydroxylation is 1.